The molecule has 0 bridgehead atoms. The van der Waals surface area contributed by atoms with Crippen LogP contribution in [0.1, 0.15) is 18.1 Å². The number of ether oxygens (including phenoxy) is 1. The van der Waals surface area contributed by atoms with E-state index in [2.05, 4.69) is 5.32 Å². The number of hydrogen-bond acceptors (Lipinski definition) is 5. The highest BCUT2D eigenvalue weighted by Crippen LogP contribution is 2.22. The van der Waals surface area contributed by atoms with E-state index in [4.69, 9.17) is 15.3 Å². The number of rotatable bonds is 4. The largest absolute Gasteiger partial charge is 0.481 e. The Labute approximate surface area is 126 Å². The molecule has 0 saturated heterocycles. The number of carbonyl (C=O) groups excluding carboxylic acids is 1. The second-order valence-electron chi connectivity index (χ2n) is 4.16. The van der Waals surface area contributed by atoms with Crippen molar-refractivity contribution in [1.82, 2.24) is 0 Å². The SMILES string of the molecule is CC(Oc1ccc(C#N)cc1)C(=O)Nc1sccc1C#N. The first-order valence-electron chi connectivity index (χ1n) is 6.09. The number of nitrogens with one attached hydrogen (secondary N) is 1. The van der Waals surface area contributed by atoms with Gasteiger partial charge in [0.2, 0.25) is 0 Å². The molecule has 0 aliphatic rings. The minimum absolute atomic E-state index is 0.335. The van der Waals surface area contributed by atoms with Crippen LogP contribution < -0.4 is 10.1 Å². The zero-order chi connectivity index (χ0) is 15.2. The van der Waals surface area contributed by atoms with Crippen molar-refractivity contribution in [2.45, 2.75) is 13.0 Å². The monoisotopic (exact) mass is 297 g/mol. The van der Waals surface area contributed by atoms with Gasteiger partial charge in [-0.15, -0.1) is 11.3 Å². The molecule has 0 aliphatic carbocycles. The van der Waals surface area contributed by atoms with E-state index in [0.717, 1.165) is 0 Å². The Hall–Kier alpha value is -2.83. The average Bonchev–Trinajstić information content (AvgIpc) is 2.95. The molecule has 1 unspecified atom stereocenters. The summed E-state index contributed by atoms with van der Waals surface area (Å²) in [6.07, 6.45) is -0.716. The topological polar surface area (TPSA) is 85.9 Å². The zero-order valence-electron chi connectivity index (χ0n) is 11.2. The van der Waals surface area contributed by atoms with E-state index >= 15 is 0 Å². The first-order valence-corrected chi connectivity index (χ1v) is 6.97. The van der Waals surface area contributed by atoms with Crippen molar-refractivity contribution in [2.75, 3.05) is 5.32 Å². The van der Waals surface area contributed by atoms with Gasteiger partial charge in [0.15, 0.2) is 6.10 Å². The normalized spacial score (nSPS) is 11.0. The molecule has 1 heterocycles. The Morgan fingerprint density at radius 1 is 1.24 bits per heavy atom. The van der Waals surface area contributed by atoms with Gasteiger partial charge in [-0.1, -0.05) is 0 Å². The van der Waals surface area contributed by atoms with Crippen LogP contribution in [-0.4, -0.2) is 12.0 Å². The standard InChI is InChI=1S/C15H11N3O2S/c1-10(20-13-4-2-11(8-16)3-5-13)14(19)18-15-12(9-17)6-7-21-15/h2-7,10H,1H3,(H,18,19). The van der Waals surface area contributed by atoms with Crippen molar-refractivity contribution in [1.29, 1.82) is 10.5 Å². The van der Waals surface area contributed by atoms with Crippen LogP contribution in [0.15, 0.2) is 35.7 Å². The third-order valence-corrected chi connectivity index (χ3v) is 3.52. The number of nitriles is 2. The average molecular weight is 297 g/mol. The lowest BCUT2D eigenvalue weighted by atomic mass is 10.2. The number of carbonyl (C=O) groups is 1. The number of thiophene rings is 1. The van der Waals surface area contributed by atoms with Crippen molar-refractivity contribution in [3.8, 4) is 17.9 Å². The fourth-order valence-electron chi connectivity index (χ4n) is 1.57. The van der Waals surface area contributed by atoms with E-state index < -0.39 is 6.10 Å². The second-order valence-corrected chi connectivity index (χ2v) is 5.08. The maximum Gasteiger partial charge on any atom is 0.265 e. The molecule has 1 atom stereocenters. The van der Waals surface area contributed by atoms with Crippen LogP contribution in [0.2, 0.25) is 0 Å². The molecule has 1 aromatic heterocycles. The van der Waals surface area contributed by atoms with Crippen LogP contribution in [0, 0.1) is 22.7 Å². The molecular weight excluding hydrogens is 286 g/mol. The summed E-state index contributed by atoms with van der Waals surface area (Å²) in [4.78, 5) is 12.0. The molecule has 0 radical (unpaired) electrons. The smallest absolute Gasteiger partial charge is 0.265 e. The van der Waals surface area contributed by atoms with Crippen molar-refractivity contribution in [2.24, 2.45) is 0 Å². The first kappa shape index (κ1) is 14.6. The highest BCUT2D eigenvalue weighted by molar-refractivity contribution is 7.14. The van der Waals surface area contributed by atoms with Crippen LogP contribution in [-0.2, 0) is 4.79 Å². The number of amides is 1. The summed E-state index contributed by atoms with van der Waals surface area (Å²) in [5.41, 5.74) is 0.954. The molecule has 0 fully saturated rings. The van der Waals surface area contributed by atoms with Crippen molar-refractivity contribution in [3.63, 3.8) is 0 Å². The van der Waals surface area contributed by atoms with E-state index in [9.17, 15) is 4.79 Å². The van der Waals surface area contributed by atoms with E-state index in [1.54, 1.807) is 42.6 Å². The Kier molecular flexibility index (Phi) is 4.55. The summed E-state index contributed by atoms with van der Waals surface area (Å²) in [5.74, 6) is 0.168. The quantitative estimate of drug-likeness (QED) is 0.940. The molecule has 0 saturated carbocycles. The summed E-state index contributed by atoms with van der Waals surface area (Å²) in [5, 5.41) is 22.5. The lowest BCUT2D eigenvalue weighted by Crippen LogP contribution is -2.30. The van der Waals surface area contributed by atoms with Gasteiger partial charge in [-0.25, -0.2) is 0 Å². The van der Waals surface area contributed by atoms with Crippen molar-refractivity contribution >= 4 is 22.2 Å². The molecule has 1 amide bonds. The molecule has 0 spiro atoms. The number of anilines is 1. The molecular formula is C15H11N3O2S. The van der Waals surface area contributed by atoms with Crippen molar-refractivity contribution in [3.05, 3.63) is 46.8 Å². The van der Waals surface area contributed by atoms with Gasteiger partial charge in [0.25, 0.3) is 5.91 Å². The molecule has 104 valence electrons. The predicted molar refractivity (Wildman–Crippen MR) is 78.9 cm³/mol. The molecule has 2 rings (SSSR count). The fraction of sp³-hybridized carbons (Fsp3) is 0.133. The second kappa shape index (κ2) is 6.56. The third kappa shape index (κ3) is 3.59. The maximum atomic E-state index is 12.0. The zero-order valence-corrected chi connectivity index (χ0v) is 12.0. The van der Waals surface area contributed by atoms with Crippen LogP contribution >= 0.6 is 11.3 Å². The molecule has 21 heavy (non-hydrogen) atoms. The first-order chi connectivity index (χ1) is 10.1. The van der Waals surface area contributed by atoms with Gasteiger partial charge in [-0.05, 0) is 42.6 Å². The van der Waals surface area contributed by atoms with Gasteiger partial charge in [0, 0.05) is 0 Å². The molecule has 0 aliphatic heterocycles. The Morgan fingerprint density at radius 3 is 2.57 bits per heavy atom. The van der Waals surface area contributed by atoms with Crippen LogP contribution in [0.5, 0.6) is 5.75 Å². The summed E-state index contributed by atoms with van der Waals surface area (Å²) in [6, 6.07) is 12.2. The summed E-state index contributed by atoms with van der Waals surface area (Å²) >= 11 is 1.29. The van der Waals surface area contributed by atoms with Gasteiger partial charge >= 0.3 is 0 Å². The van der Waals surface area contributed by atoms with E-state index in [0.29, 0.717) is 21.9 Å². The summed E-state index contributed by atoms with van der Waals surface area (Å²) in [6.45, 7) is 1.62. The molecule has 1 N–H and O–H groups in total. The van der Waals surface area contributed by atoms with Crippen molar-refractivity contribution < 1.29 is 9.53 Å². The summed E-state index contributed by atoms with van der Waals surface area (Å²) < 4.78 is 5.50. The lowest BCUT2D eigenvalue weighted by Gasteiger charge is -2.14. The fourth-order valence-corrected chi connectivity index (χ4v) is 2.31. The Balaban J connectivity index is 1.99. The number of hydrogen-bond donors (Lipinski definition) is 1. The molecule has 1 aromatic carbocycles. The van der Waals surface area contributed by atoms with Gasteiger partial charge in [-0.3, -0.25) is 4.79 Å². The highest BCUT2D eigenvalue weighted by Gasteiger charge is 2.17. The van der Waals surface area contributed by atoms with Crippen LogP contribution in [0.4, 0.5) is 5.00 Å². The third-order valence-electron chi connectivity index (χ3n) is 2.69. The molecule has 5 nitrogen and oxygen atoms in total. The minimum Gasteiger partial charge on any atom is -0.481 e. The Morgan fingerprint density at radius 2 is 1.95 bits per heavy atom. The van der Waals surface area contributed by atoms with E-state index in [-0.39, 0.29) is 5.91 Å². The number of benzene rings is 1. The van der Waals surface area contributed by atoms with Crippen LogP contribution in [0.25, 0.3) is 0 Å². The van der Waals surface area contributed by atoms with Crippen LogP contribution in [0.3, 0.4) is 0 Å². The highest BCUT2D eigenvalue weighted by atomic mass is 32.1. The van der Waals surface area contributed by atoms with E-state index in [1.165, 1.54) is 11.3 Å². The minimum atomic E-state index is -0.716. The van der Waals surface area contributed by atoms with Gasteiger partial charge in [-0.2, -0.15) is 10.5 Å². The summed E-state index contributed by atoms with van der Waals surface area (Å²) in [7, 11) is 0. The molecule has 6 heteroatoms. The Bertz CT molecular complexity index is 723. The predicted octanol–water partition coefficient (Wildman–Crippen LogP) is 2.90. The van der Waals surface area contributed by atoms with Gasteiger partial charge in [0.1, 0.15) is 16.8 Å². The van der Waals surface area contributed by atoms with E-state index in [1.807, 2.05) is 12.1 Å². The number of nitrogens with zero attached hydrogens (tertiary/aromatic N) is 2. The van der Waals surface area contributed by atoms with Gasteiger partial charge in [0.05, 0.1) is 17.2 Å². The van der Waals surface area contributed by atoms with Gasteiger partial charge < -0.3 is 10.1 Å². The maximum absolute atomic E-state index is 12.0. The lowest BCUT2D eigenvalue weighted by molar-refractivity contribution is -0.122. The molecule has 2 aromatic rings.